The zero-order valence-electron chi connectivity index (χ0n) is 7.54. The first-order valence-electron chi connectivity index (χ1n) is 4.33. The highest BCUT2D eigenvalue weighted by Gasteiger charge is 2.20. The number of nitrogens with two attached hydrogens (primary N) is 1. The third-order valence-electron chi connectivity index (χ3n) is 2.39. The number of hydrogen-bond donors (Lipinski definition) is 1. The van der Waals surface area contributed by atoms with E-state index in [4.69, 9.17) is 4.74 Å². The van der Waals surface area contributed by atoms with Crippen molar-refractivity contribution in [1.82, 2.24) is 0 Å². The minimum Gasteiger partial charge on any atom is -0.465 e. The SMILES string of the molecule is COC(=O)c1cccc2c1C[NH2+]C2. The predicted octanol–water partition coefficient (Wildman–Crippen LogP) is 0.0502. The summed E-state index contributed by atoms with van der Waals surface area (Å²) in [4.78, 5) is 11.3. The molecule has 2 rings (SSSR count). The number of fused-ring (bicyclic) bond motifs is 1. The van der Waals surface area contributed by atoms with Crippen molar-refractivity contribution in [2.45, 2.75) is 13.1 Å². The van der Waals surface area contributed by atoms with E-state index in [1.165, 1.54) is 12.7 Å². The standard InChI is InChI=1S/C10H11NO2/c1-13-10(12)8-4-2-3-7-5-11-6-9(7)8/h2-4,11H,5-6H2,1H3/p+1. The van der Waals surface area contributed by atoms with Crippen molar-refractivity contribution in [3.05, 3.63) is 34.9 Å². The van der Waals surface area contributed by atoms with Crippen molar-refractivity contribution >= 4 is 5.97 Å². The highest BCUT2D eigenvalue weighted by molar-refractivity contribution is 5.91. The van der Waals surface area contributed by atoms with Crippen LogP contribution in [0.1, 0.15) is 21.5 Å². The van der Waals surface area contributed by atoms with Gasteiger partial charge in [-0.15, -0.1) is 0 Å². The van der Waals surface area contributed by atoms with Gasteiger partial charge in [0.1, 0.15) is 13.1 Å². The molecule has 0 bridgehead atoms. The van der Waals surface area contributed by atoms with Gasteiger partial charge in [0.2, 0.25) is 0 Å². The molecule has 0 saturated carbocycles. The molecule has 3 heteroatoms. The molecule has 1 heterocycles. The molecule has 0 atom stereocenters. The second-order valence-electron chi connectivity index (χ2n) is 3.13. The number of ether oxygens (including phenoxy) is 1. The molecule has 0 radical (unpaired) electrons. The van der Waals surface area contributed by atoms with Crippen LogP contribution in [0.15, 0.2) is 18.2 Å². The van der Waals surface area contributed by atoms with Gasteiger partial charge in [0.05, 0.1) is 12.7 Å². The maximum Gasteiger partial charge on any atom is 0.338 e. The summed E-state index contributed by atoms with van der Waals surface area (Å²) in [5, 5.41) is 2.18. The summed E-state index contributed by atoms with van der Waals surface area (Å²) in [6.45, 7) is 1.86. The Morgan fingerprint density at radius 2 is 2.31 bits per heavy atom. The summed E-state index contributed by atoms with van der Waals surface area (Å²) in [5.74, 6) is -0.229. The number of esters is 1. The van der Waals surface area contributed by atoms with Crippen molar-refractivity contribution in [1.29, 1.82) is 0 Å². The molecule has 0 fully saturated rings. The Balaban J connectivity index is 2.47. The lowest BCUT2D eigenvalue weighted by molar-refractivity contribution is -0.676. The van der Waals surface area contributed by atoms with Gasteiger partial charge in [-0.2, -0.15) is 0 Å². The van der Waals surface area contributed by atoms with Crippen LogP contribution in [0.5, 0.6) is 0 Å². The number of carbonyl (C=O) groups is 1. The summed E-state index contributed by atoms with van der Waals surface area (Å²) in [5.41, 5.74) is 3.10. The lowest BCUT2D eigenvalue weighted by Crippen LogP contribution is -2.77. The Kier molecular flexibility index (Phi) is 2.02. The van der Waals surface area contributed by atoms with Gasteiger partial charge in [-0.3, -0.25) is 0 Å². The van der Waals surface area contributed by atoms with E-state index in [2.05, 4.69) is 11.4 Å². The van der Waals surface area contributed by atoms with Crippen LogP contribution >= 0.6 is 0 Å². The Hall–Kier alpha value is -1.35. The first kappa shape index (κ1) is 8.26. The van der Waals surface area contributed by atoms with E-state index in [1.807, 2.05) is 12.1 Å². The van der Waals surface area contributed by atoms with Gasteiger partial charge >= 0.3 is 5.97 Å². The van der Waals surface area contributed by atoms with E-state index < -0.39 is 0 Å². The average Bonchev–Trinajstić information content (AvgIpc) is 2.63. The third kappa shape index (κ3) is 1.31. The minimum atomic E-state index is -0.229. The summed E-state index contributed by atoms with van der Waals surface area (Å²) in [7, 11) is 1.42. The molecule has 1 aliphatic heterocycles. The first-order chi connectivity index (χ1) is 6.33. The molecular formula is C10H12NO2+. The summed E-state index contributed by atoms with van der Waals surface area (Å²) in [6, 6.07) is 5.79. The fraction of sp³-hybridized carbons (Fsp3) is 0.300. The Bertz CT molecular complexity index is 347. The van der Waals surface area contributed by atoms with Crippen molar-refractivity contribution in [2.75, 3.05) is 7.11 Å². The number of quaternary nitrogens is 1. The van der Waals surface area contributed by atoms with Crippen molar-refractivity contribution < 1.29 is 14.8 Å². The molecular weight excluding hydrogens is 166 g/mol. The van der Waals surface area contributed by atoms with E-state index in [1.54, 1.807) is 0 Å². The van der Waals surface area contributed by atoms with E-state index in [0.29, 0.717) is 5.56 Å². The van der Waals surface area contributed by atoms with E-state index in [-0.39, 0.29) is 5.97 Å². The molecule has 0 saturated heterocycles. The van der Waals surface area contributed by atoms with Gasteiger partial charge in [0, 0.05) is 11.1 Å². The fourth-order valence-corrected chi connectivity index (χ4v) is 1.74. The Labute approximate surface area is 76.7 Å². The van der Waals surface area contributed by atoms with E-state index in [0.717, 1.165) is 18.7 Å². The molecule has 0 spiro atoms. The zero-order chi connectivity index (χ0) is 9.26. The molecule has 1 aromatic carbocycles. The highest BCUT2D eigenvalue weighted by Crippen LogP contribution is 2.16. The average molecular weight is 178 g/mol. The van der Waals surface area contributed by atoms with Gasteiger partial charge in [-0.25, -0.2) is 4.79 Å². The second-order valence-corrected chi connectivity index (χ2v) is 3.13. The second kappa shape index (κ2) is 3.18. The molecule has 1 aromatic rings. The zero-order valence-corrected chi connectivity index (χ0v) is 7.54. The lowest BCUT2D eigenvalue weighted by atomic mass is 10.0. The van der Waals surface area contributed by atoms with E-state index >= 15 is 0 Å². The number of hydrogen-bond acceptors (Lipinski definition) is 2. The van der Waals surface area contributed by atoms with Crippen LogP contribution in [0.4, 0.5) is 0 Å². The Morgan fingerprint density at radius 1 is 1.46 bits per heavy atom. The van der Waals surface area contributed by atoms with Crippen LogP contribution in [0.2, 0.25) is 0 Å². The molecule has 0 aromatic heterocycles. The number of benzene rings is 1. The molecule has 2 N–H and O–H groups in total. The maximum atomic E-state index is 11.3. The summed E-state index contributed by atoms with van der Waals surface area (Å²) >= 11 is 0. The van der Waals surface area contributed by atoms with Crippen LogP contribution in [0.25, 0.3) is 0 Å². The van der Waals surface area contributed by atoms with Crippen LogP contribution in [-0.4, -0.2) is 13.1 Å². The molecule has 0 amide bonds. The minimum absolute atomic E-state index is 0.229. The van der Waals surface area contributed by atoms with Gasteiger partial charge < -0.3 is 10.1 Å². The fourth-order valence-electron chi connectivity index (χ4n) is 1.74. The maximum absolute atomic E-state index is 11.3. The van der Waals surface area contributed by atoms with Gasteiger partial charge in [-0.05, 0) is 6.07 Å². The highest BCUT2D eigenvalue weighted by atomic mass is 16.5. The summed E-state index contributed by atoms with van der Waals surface area (Å²) < 4.78 is 4.71. The predicted molar refractivity (Wildman–Crippen MR) is 47.1 cm³/mol. The number of carbonyl (C=O) groups excluding carboxylic acids is 1. The molecule has 1 aliphatic rings. The van der Waals surface area contributed by atoms with Crippen molar-refractivity contribution in [3.63, 3.8) is 0 Å². The van der Waals surface area contributed by atoms with Crippen LogP contribution in [0, 0.1) is 0 Å². The van der Waals surface area contributed by atoms with Crippen molar-refractivity contribution in [2.24, 2.45) is 0 Å². The monoisotopic (exact) mass is 178 g/mol. The van der Waals surface area contributed by atoms with Gasteiger partial charge in [0.25, 0.3) is 0 Å². The molecule has 0 aliphatic carbocycles. The molecule has 13 heavy (non-hydrogen) atoms. The Morgan fingerprint density at radius 3 is 3.08 bits per heavy atom. The first-order valence-corrected chi connectivity index (χ1v) is 4.33. The normalized spacial score (nSPS) is 13.9. The number of methoxy groups -OCH3 is 1. The molecule has 68 valence electrons. The van der Waals surface area contributed by atoms with Crippen LogP contribution < -0.4 is 5.32 Å². The van der Waals surface area contributed by atoms with Crippen LogP contribution in [0.3, 0.4) is 0 Å². The molecule has 0 unspecified atom stereocenters. The lowest BCUT2D eigenvalue weighted by Gasteiger charge is -2.02. The largest absolute Gasteiger partial charge is 0.465 e. The van der Waals surface area contributed by atoms with Crippen molar-refractivity contribution in [3.8, 4) is 0 Å². The smallest absolute Gasteiger partial charge is 0.338 e. The molecule has 3 nitrogen and oxygen atoms in total. The van der Waals surface area contributed by atoms with E-state index in [9.17, 15) is 4.79 Å². The number of rotatable bonds is 1. The third-order valence-corrected chi connectivity index (χ3v) is 2.39. The topological polar surface area (TPSA) is 42.9 Å². The quantitative estimate of drug-likeness (QED) is 0.617. The van der Waals surface area contributed by atoms with Crippen LogP contribution in [-0.2, 0) is 17.8 Å². The van der Waals surface area contributed by atoms with Gasteiger partial charge in [0.15, 0.2) is 0 Å². The van der Waals surface area contributed by atoms with Gasteiger partial charge in [-0.1, -0.05) is 12.1 Å². The summed E-state index contributed by atoms with van der Waals surface area (Å²) in [6.07, 6.45) is 0.